The fourth-order valence-electron chi connectivity index (χ4n) is 2.72. The largest absolute Gasteiger partial charge is 0.497 e. The third-order valence-electron chi connectivity index (χ3n) is 3.94. The Bertz CT molecular complexity index is 579. The van der Waals surface area contributed by atoms with Crippen molar-refractivity contribution in [3.8, 4) is 5.75 Å². The maximum atomic E-state index is 12.8. The number of esters is 1. The van der Waals surface area contributed by atoms with Crippen LogP contribution in [0.15, 0.2) is 24.3 Å². The molecule has 1 fully saturated rings. The van der Waals surface area contributed by atoms with Crippen LogP contribution in [-0.2, 0) is 23.1 Å². The van der Waals surface area contributed by atoms with Crippen molar-refractivity contribution in [1.29, 1.82) is 0 Å². The van der Waals surface area contributed by atoms with E-state index in [1.54, 1.807) is 13.2 Å². The minimum absolute atomic E-state index is 0.286. The fourth-order valence-corrected chi connectivity index (χ4v) is 4.77. The van der Waals surface area contributed by atoms with Gasteiger partial charge >= 0.3 is 13.6 Å². The molecule has 1 saturated carbocycles. The summed E-state index contributed by atoms with van der Waals surface area (Å²) in [6, 6.07) is 7.29. The van der Waals surface area contributed by atoms with Gasteiger partial charge in [0.1, 0.15) is 5.75 Å². The van der Waals surface area contributed by atoms with Crippen LogP contribution in [0.3, 0.4) is 0 Å². The van der Waals surface area contributed by atoms with Gasteiger partial charge in [0.15, 0.2) is 5.16 Å². The van der Waals surface area contributed by atoms with Gasteiger partial charge in [-0.3, -0.25) is 9.36 Å². The van der Waals surface area contributed by atoms with E-state index in [1.807, 2.05) is 18.2 Å². The second kappa shape index (κ2) is 5.79. The van der Waals surface area contributed by atoms with Gasteiger partial charge in [0.2, 0.25) is 0 Å². The molecule has 0 heterocycles. The standard InChI is InChI=1S/C14H19O6P/c1-17-11-7-5-6-10(8-11)12-9-14(12,13(15)18-2)21(16,19-3)20-4/h5-8,12H,9H2,1-4H3. The lowest BCUT2D eigenvalue weighted by atomic mass is 10.1. The first kappa shape index (κ1) is 16.0. The van der Waals surface area contributed by atoms with Crippen LogP contribution in [0.1, 0.15) is 17.9 Å². The van der Waals surface area contributed by atoms with Gasteiger partial charge in [0.05, 0.1) is 14.2 Å². The van der Waals surface area contributed by atoms with Crippen molar-refractivity contribution in [2.45, 2.75) is 17.5 Å². The Morgan fingerprint density at radius 1 is 1.24 bits per heavy atom. The van der Waals surface area contributed by atoms with Gasteiger partial charge in [-0.05, 0) is 24.1 Å². The molecule has 0 bridgehead atoms. The molecular weight excluding hydrogens is 295 g/mol. The average Bonchev–Trinajstić information content (AvgIpc) is 3.30. The molecule has 0 spiro atoms. The lowest BCUT2D eigenvalue weighted by molar-refractivity contribution is -0.141. The molecule has 0 amide bonds. The predicted octanol–water partition coefficient (Wildman–Crippen LogP) is 2.58. The Balaban J connectivity index is 2.43. The molecule has 21 heavy (non-hydrogen) atoms. The zero-order valence-electron chi connectivity index (χ0n) is 12.5. The van der Waals surface area contributed by atoms with Crippen molar-refractivity contribution in [2.75, 3.05) is 28.4 Å². The molecule has 116 valence electrons. The molecule has 2 atom stereocenters. The molecule has 2 rings (SSSR count). The monoisotopic (exact) mass is 314 g/mol. The molecular formula is C14H19O6P. The molecule has 2 unspecified atom stereocenters. The highest BCUT2D eigenvalue weighted by atomic mass is 31.2. The SMILES string of the molecule is COC(=O)C1(P(=O)(OC)OC)CC1c1cccc(OC)c1. The summed E-state index contributed by atoms with van der Waals surface area (Å²) < 4.78 is 32.9. The van der Waals surface area contributed by atoms with E-state index in [2.05, 4.69) is 0 Å². The minimum Gasteiger partial charge on any atom is -0.497 e. The van der Waals surface area contributed by atoms with Crippen molar-refractivity contribution in [1.82, 2.24) is 0 Å². The van der Waals surface area contributed by atoms with E-state index < -0.39 is 18.7 Å². The molecule has 1 aliphatic carbocycles. The Kier molecular flexibility index (Phi) is 4.42. The van der Waals surface area contributed by atoms with Crippen LogP contribution in [0, 0.1) is 0 Å². The first-order valence-corrected chi connectivity index (χ1v) is 7.97. The average molecular weight is 314 g/mol. The predicted molar refractivity (Wildman–Crippen MR) is 76.7 cm³/mol. The van der Waals surface area contributed by atoms with Gasteiger partial charge in [0, 0.05) is 20.1 Å². The van der Waals surface area contributed by atoms with E-state index in [-0.39, 0.29) is 5.92 Å². The third kappa shape index (κ3) is 2.37. The van der Waals surface area contributed by atoms with Crippen LogP contribution < -0.4 is 4.74 Å². The van der Waals surface area contributed by atoms with Crippen LogP contribution >= 0.6 is 7.60 Å². The molecule has 0 aromatic heterocycles. The highest BCUT2D eigenvalue weighted by Crippen LogP contribution is 2.76. The molecule has 1 aliphatic rings. The third-order valence-corrected chi connectivity index (χ3v) is 6.55. The molecule has 1 aromatic carbocycles. The molecule has 1 aromatic rings. The number of hydrogen-bond acceptors (Lipinski definition) is 6. The van der Waals surface area contributed by atoms with E-state index in [0.29, 0.717) is 12.2 Å². The van der Waals surface area contributed by atoms with Crippen LogP contribution in [-0.4, -0.2) is 39.6 Å². The van der Waals surface area contributed by atoms with E-state index in [1.165, 1.54) is 21.3 Å². The second-order valence-electron chi connectivity index (χ2n) is 4.81. The van der Waals surface area contributed by atoms with Crippen molar-refractivity contribution in [3.63, 3.8) is 0 Å². The number of methoxy groups -OCH3 is 2. The van der Waals surface area contributed by atoms with Crippen LogP contribution in [0.5, 0.6) is 5.75 Å². The lowest BCUT2D eigenvalue weighted by Gasteiger charge is -2.23. The van der Waals surface area contributed by atoms with E-state index in [4.69, 9.17) is 18.5 Å². The van der Waals surface area contributed by atoms with Gasteiger partial charge in [-0.2, -0.15) is 0 Å². The molecule has 0 radical (unpaired) electrons. The molecule has 0 N–H and O–H groups in total. The van der Waals surface area contributed by atoms with Crippen LogP contribution in [0.2, 0.25) is 0 Å². The summed E-state index contributed by atoms with van der Waals surface area (Å²) in [5.41, 5.74) is 0.842. The molecule has 6 nitrogen and oxygen atoms in total. The number of carbonyl (C=O) groups excluding carboxylic acids is 1. The van der Waals surface area contributed by atoms with E-state index in [0.717, 1.165) is 5.56 Å². The number of rotatable bonds is 6. The summed E-state index contributed by atoms with van der Waals surface area (Å²) in [6.07, 6.45) is 0.353. The Hall–Kier alpha value is -1.36. The summed E-state index contributed by atoms with van der Waals surface area (Å²) in [7, 11) is 1.77. The quantitative estimate of drug-likeness (QED) is 0.594. The zero-order valence-corrected chi connectivity index (χ0v) is 13.4. The molecule has 0 aliphatic heterocycles. The van der Waals surface area contributed by atoms with Crippen LogP contribution in [0.25, 0.3) is 0 Å². The fraction of sp³-hybridized carbons (Fsp3) is 0.500. The maximum Gasteiger partial charge on any atom is 0.348 e. The summed E-state index contributed by atoms with van der Waals surface area (Å²) in [6.45, 7) is 0. The number of benzene rings is 1. The van der Waals surface area contributed by atoms with Gasteiger partial charge in [-0.1, -0.05) is 12.1 Å². The summed E-state index contributed by atoms with van der Waals surface area (Å²) in [4.78, 5) is 12.2. The number of carbonyl (C=O) groups is 1. The molecule has 0 saturated heterocycles. The van der Waals surface area contributed by atoms with Crippen molar-refractivity contribution in [3.05, 3.63) is 29.8 Å². The van der Waals surface area contributed by atoms with Crippen molar-refractivity contribution in [2.24, 2.45) is 0 Å². The van der Waals surface area contributed by atoms with E-state index in [9.17, 15) is 9.36 Å². The highest BCUT2D eigenvalue weighted by molar-refractivity contribution is 7.57. The first-order valence-electron chi connectivity index (χ1n) is 6.43. The molecule has 7 heteroatoms. The van der Waals surface area contributed by atoms with Gasteiger partial charge in [0.25, 0.3) is 0 Å². The van der Waals surface area contributed by atoms with Crippen molar-refractivity contribution < 1.29 is 27.9 Å². The Morgan fingerprint density at radius 2 is 1.90 bits per heavy atom. The normalized spacial score (nSPS) is 24.5. The van der Waals surface area contributed by atoms with Crippen molar-refractivity contribution >= 4 is 13.6 Å². The smallest absolute Gasteiger partial charge is 0.348 e. The number of hydrogen-bond donors (Lipinski definition) is 0. The van der Waals surface area contributed by atoms with Crippen LogP contribution in [0.4, 0.5) is 0 Å². The summed E-state index contributed by atoms with van der Waals surface area (Å²) in [5, 5.41) is -1.28. The summed E-state index contributed by atoms with van der Waals surface area (Å²) in [5.74, 6) is -0.198. The Labute approximate surface area is 123 Å². The Morgan fingerprint density at radius 3 is 2.43 bits per heavy atom. The van der Waals surface area contributed by atoms with Gasteiger partial charge in [-0.15, -0.1) is 0 Å². The highest BCUT2D eigenvalue weighted by Gasteiger charge is 2.74. The number of ether oxygens (including phenoxy) is 2. The topological polar surface area (TPSA) is 71.1 Å². The second-order valence-corrected chi connectivity index (χ2v) is 7.34. The summed E-state index contributed by atoms with van der Waals surface area (Å²) >= 11 is 0. The minimum atomic E-state index is -3.61. The zero-order chi connectivity index (χ0) is 15.7. The first-order chi connectivity index (χ1) is 9.98. The van der Waals surface area contributed by atoms with Gasteiger partial charge < -0.3 is 18.5 Å². The van der Waals surface area contributed by atoms with Gasteiger partial charge in [-0.25, -0.2) is 0 Å². The maximum absolute atomic E-state index is 12.8. The lowest BCUT2D eigenvalue weighted by Crippen LogP contribution is -2.28. The van der Waals surface area contributed by atoms with E-state index >= 15 is 0 Å².